The lowest BCUT2D eigenvalue weighted by Gasteiger charge is -2.10. The summed E-state index contributed by atoms with van der Waals surface area (Å²) >= 11 is 1.21. The fourth-order valence-electron chi connectivity index (χ4n) is 2.89. The van der Waals surface area contributed by atoms with Crippen LogP contribution in [0.4, 0.5) is 0 Å². The van der Waals surface area contributed by atoms with Gasteiger partial charge < -0.3 is 14.2 Å². The second kappa shape index (κ2) is 7.90. The standard InChI is InChI=1S/C21H19N3O3S/c1-13-7-3-5-9-16(13)20-23-24-21(27-20)28-12-19(25)22-14(2)18-11-15-8-4-6-10-17(15)26-18/h3-11,14H,12H2,1-2H3,(H,22,25)/t14-/m0/s1. The van der Waals surface area contributed by atoms with Crippen LogP contribution in [0, 0.1) is 6.92 Å². The molecule has 7 heteroatoms. The van der Waals surface area contributed by atoms with Gasteiger partial charge in [0.1, 0.15) is 11.3 Å². The van der Waals surface area contributed by atoms with Gasteiger partial charge in [-0.25, -0.2) is 0 Å². The molecule has 0 bridgehead atoms. The predicted octanol–water partition coefficient (Wildman–Crippen LogP) is 4.76. The molecule has 4 rings (SSSR count). The van der Waals surface area contributed by atoms with E-state index in [0.29, 0.717) is 11.1 Å². The number of aryl methyl sites for hydroxylation is 1. The largest absolute Gasteiger partial charge is 0.459 e. The van der Waals surface area contributed by atoms with Crippen LogP contribution in [0.3, 0.4) is 0 Å². The van der Waals surface area contributed by atoms with Crippen molar-refractivity contribution in [3.8, 4) is 11.5 Å². The molecule has 0 aliphatic heterocycles. The Hall–Kier alpha value is -3.06. The highest BCUT2D eigenvalue weighted by Gasteiger charge is 2.16. The van der Waals surface area contributed by atoms with Crippen LogP contribution in [0.25, 0.3) is 22.4 Å². The zero-order valence-corrected chi connectivity index (χ0v) is 16.3. The number of hydrogen-bond acceptors (Lipinski definition) is 6. The molecular formula is C21H19N3O3S. The number of thioether (sulfide) groups is 1. The van der Waals surface area contributed by atoms with Crippen LogP contribution in [-0.2, 0) is 4.79 Å². The van der Waals surface area contributed by atoms with Crippen LogP contribution in [0.1, 0.15) is 24.3 Å². The lowest BCUT2D eigenvalue weighted by atomic mass is 10.1. The van der Waals surface area contributed by atoms with Crippen molar-refractivity contribution in [1.29, 1.82) is 0 Å². The van der Waals surface area contributed by atoms with Gasteiger partial charge in [-0.3, -0.25) is 4.79 Å². The number of aromatic nitrogens is 2. The molecule has 0 fully saturated rings. The summed E-state index contributed by atoms with van der Waals surface area (Å²) in [5.74, 6) is 1.23. The van der Waals surface area contributed by atoms with Crippen LogP contribution in [0.5, 0.6) is 0 Å². The van der Waals surface area contributed by atoms with Crippen LogP contribution in [0.2, 0.25) is 0 Å². The summed E-state index contributed by atoms with van der Waals surface area (Å²) in [4.78, 5) is 12.3. The number of furan rings is 1. The van der Waals surface area contributed by atoms with Crippen molar-refractivity contribution in [2.45, 2.75) is 25.1 Å². The monoisotopic (exact) mass is 393 g/mol. The van der Waals surface area contributed by atoms with Crippen LogP contribution >= 0.6 is 11.8 Å². The number of nitrogens with zero attached hydrogens (tertiary/aromatic N) is 2. The highest BCUT2D eigenvalue weighted by atomic mass is 32.2. The molecule has 4 aromatic rings. The van der Waals surface area contributed by atoms with E-state index in [4.69, 9.17) is 8.83 Å². The molecule has 0 aliphatic rings. The lowest BCUT2D eigenvalue weighted by Crippen LogP contribution is -2.27. The molecule has 0 spiro atoms. The Morgan fingerprint density at radius 1 is 1.11 bits per heavy atom. The molecule has 0 saturated carbocycles. The van der Waals surface area contributed by atoms with E-state index in [1.54, 1.807) is 0 Å². The van der Waals surface area contributed by atoms with Crippen molar-refractivity contribution >= 4 is 28.6 Å². The minimum atomic E-state index is -0.231. The molecule has 0 radical (unpaired) electrons. The Bertz CT molecular complexity index is 1090. The summed E-state index contributed by atoms with van der Waals surface area (Å²) < 4.78 is 11.5. The number of rotatable bonds is 6. The molecule has 6 nitrogen and oxygen atoms in total. The molecule has 2 aromatic heterocycles. The molecule has 2 heterocycles. The Morgan fingerprint density at radius 3 is 2.71 bits per heavy atom. The first-order valence-electron chi connectivity index (χ1n) is 8.90. The van der Waals surface area contributed by atoms with Crippen LogP contribution < -0.4 is 5.32 Å². The van der Waals surface area contributed by atoms with Gasteiger partial charge in [-0.2, -0.15) is 0 Å². The highest BCUT2D eigenvalue weighted by Crippen LogP contribution is 2.26. The number of fused-ring (bicyclic) bond motifs is 1. The number of benzene rings is 2. The van der Waals surface area contributed by atoms with Crippen molar-refractivity contribution in [2.75, 3.05) is 5.75 Å². The SMILES string of the molecule is Cc1ccccc1-c1nnc(SCC(=O)N[C@@H](C)c2cc3ccccc3o2)o1. The summed E-state index contributed by atoms with van der Waals surface area (Å²) in [6.07, 6.45) is 0. The molecule has 2 aromatic carbocycles. The van der Waals surface area contributed by atoms with E-state index in [2.05, 4.69) is 15.5 Å². The van der Waals surface area contributed by atoms with Crippen LogP contribution in [0.15, 0.2) is 68.7 Å². The van der Waals surface area contributed by atoms with Gasteiger partial charge in [0, 0.05) is 10.9 Å². The van der Waals surface area contributed by atoms with Crippen molar-refractivity contribution in [2.24, 2.45) is 0 Å². The van der Waals surface area contributed by atoms with E-state index in [1.807, 2.05) is 68.4 Å². The van der Waals surface area contributed by atoms with E-state index in [0.717, 1.165) is 27.9 Å². The molecule has 0 unspecified atom stereocenters. The van der Waals surface area contributed by atoms with Crippen molar-refractivity contribution in [3.63, 3.8) is 0 Å². The van der Waals surface area contributed by atoms with Gasteiger partial charge in [0.15, 0.2) is 0 Å². The molecule has 142 valence electrons. The van der Waals surface area contributed by atoms with Gasteiger partial charge in [0.25, 0.3) is 5.22 Å². The van der Waals surface area contributed by atoms with Gasteiger partial charge in [0.05, 0.1) is 11.8 Å². The fourth-order valence-corrected chi connectivity index (χ4v) is 3.46. The number of hydrogen-bond donors (Lipinski definition) is 1. The summed E-state index contributed by atoms with van der Waals surface area (Å²) in [6, 6.07) is 17.3. The maximum Gasteiger partial charge on any atom is 0.277 e. The number of amides is 1. The molecule has 1 amide bonds. The van der Waals surface area contributed by atoms with E-state index >= 15 is 0 Å². The van der Waals surface area contributed by atoms with Crippen molar-refractivity contribution in [1.82, 2.24) is 15.5 Å². The van der Waals surface area contributed by atoms with Gasteiger partial charge in [-0.1, -0.05) is 48.2 Å². The maximum absolute atomic E-state index is 12.3. The van der Waals surface area contributed by atoms with Gasteiger partial charge in [0.2, 0.25) is 11.8 Å². The molecule has 1 atom stereocenters. The number of para-hydroxylation sites is 1. The van der Waals surface area contributed by atoms with E-state index in [9.17, 15) is 4.79 Å². The first-order valence-corrected chi connectivity index (χ1v) is 9.89. The first kappa shape index (κ1) is 18.3. The molecule has 28 heavy (non-hydrogen) atoms. The normalized spacial score (nSPS) is 12.2. The third-order valence-corrected chi connectivity index (χ3v) is 5.18. The first-order chi connectivity index (χ1) is 13.6. The Labute approximate surface area is 166 Å². The number of carbonyl (C=O) groups excluding carboxylic acids is 1. The molecule has 0 saturated heterocycles. The lowest BCUT2D eigenvalue weighted by molar-refractivity contribution is -0.119. The Kier molecular flexibility index (Phi) is 5.16. The van der Waals surface area contributed by atoms with E-state index in [1.165, 1.54) is 11.8 Å². The number of carbonyl (C=O) groups is 1. The molecule has 0 aliphatic carbocycles. The quantitative estimate of drug-likeness (QED) is 0.476. The van der Waals surface area contributed by atoms with Gasteiger partial charge in [-0.05, 0) is 37.6 Å². The van der Waals surface area contributed by atoms with Crippen molar-refractivity contribution < 1.29 is 13.6 Å². The average Bonchev–Trinajstić information content (AvgIpc) is 3.34. The molecule has 1 N–H and O–H groups in total. The average molecular weight is 393 g/mol. The molecular weight excluding hydrogens is 374 g/mol. The predicted molar refractivity (Wildman–Crippen MR) is 108 cm³/mol. The third-order valence-electron chi connectivity index (χ3n) is 4.36. The topological polar surface area (TPSA) is 81.2 Å². The van der Waals surface area contributed by atoms with Gasteiger partial charge in [-0.15, -0.1) is 10.2 Å². The minimum Gasteiger partial charge on any atom is -0.459 e. The van der Waals surface area contributed by atoms with Crippen molar-refractivity contribution in [3.05, 3.63) is 65.9 Å². The zero-order valence-electron chi connectivity index (χ0n) is 15.5. The maximum atomic E-state index is 12.3. The summed E-state index contributed by atoms with van der Waals surface area (Å²) in [5.41, 5.74) is 2.76. The highest BCUT2D eigenvalue weighted by molar-refractivity contribution is 7.99. The fraction of sp³-hybridized carbons (Fsp3) is 0.190. The summed E-state index contributed by atoms with van der Waals surface area (Å²) in [7, 11) is 0. The summed E-state index contributed by atoms with van der Waals surface area (Å²) in [5, 5.41) is 12.4. The minimum absolute atomic E-state index is 0.131. The second-order valence-electron chi connectivity index (χ2n) is 6.45. The zero-order chi connectivity index (χ0) is 19.5. The Balaban J connectivity index is 1.35. The smallest absolute Gasteiger partial charge is 0.277 e. The third kappa shape index (κ3) is 3.94. The number of nitrogens with one attached hydrogen (secondary N) is 1. The van der Waals surface area contributed by atoms with E-state index in [-0.39, 0.29) is 17.7 Å². The van der Waals surface area contributed by atoms with E-state index < -0.39 is 0 Å². The van der Waals surface area contributed by atoms with Crippen LogP contribution in [-0.4, -0.2) is 21.9 Å². The second-order valence-corrected chi connectivity index (χ2v) is 7.38. The van der Waals surface area contributed by atoms with Gasteiger partial charge >= 0.3 is 0 Å². The Morgan fingerprint density at radius 2 is 1.89 bits per heavy atom. The summed E-state index contributed by atoms with van der Waals surface area (Å²) in [6.45, 7) is 3.88.